The van der Waals surface area contributed by atoms with Crippen LogP contribution in [0.25, 0.3) is 0 Å². The summed E-state index contributed by atoms with van der Waals surface area (Å²) in [5, 5.41) is 17.3. The molecule has 6 heteroatoms. The molecule has 0 spiro atoms. The number of hydrogen-bond acceptors (Lipinski definition) is 4. The van der Waals surface area contributed by atoms with Crippen molar-refractivity contribution in [1.29, 1.82) is 0 Å². The van der Waals surface area contributed by atoms with Crippen molar-refractivity contribution in [1.82, 2.24) is 15.1 Å². The Morgan fingerprint density at radius 1 is 1.38 bits per heavy atom. The van der Waals surface area contributed by atoms with Gasteiger partial charge in [0.15, 0.2) is 6.61 Å². The molecule has 1 fully saturated rings. The van der Waals surface area contributed by atoms with Crippen LogP contribution >= 0.6 is 0 Å². The second kappa shape index (κ2) is 7.05. The molecule has 24 heavy (non-hydrogen) atoms. The van der Waals surface area contributed by atoms with Crippen LogP contribution in [0.5, 0.6) is 5.75 Å². The summed E-state index contributed by atoms with van der Waals surface area (Å²) in [5.74, 6) is 0.596. The molecule has 2 aromatic rings. The van der Waals surface area contributed by atoms with E-state index in [0.717, 1.165) is 17.0 Å². The van der Waals surface area contributed by atoms with Crippen molar-refractivity contribution in [2.45, 2.75) is 26.4 Å². The first-order chi connectivity index (χ1) is 11.5. The second-order valence-corrected chi connectivity index (χ2v) is 6.48. The third-order valence-corrected chi connectivity index (χ3v) is 4.34. The Labute approximate surface area is 141 Å². The van der Waals surface area contributed by atoms with Gasteiger partial charge in [0.05, 0.1) is 11.8 Å². The first kappa shape index (κ1) is 16.5. The zero-order valence-corrected chi connectivity index (χ0v) is 14.0. The molecule has 1 aromatic heterocycles. The van der Waals surface area contributed by atoms with Gasteiger partial charge in [0.2, 0.25) is 0 Å². The van der Waals surface area contributed by atoms with Gasteiger partial charge in [-0.3, -0.25) is 9.89 Å². The minimum Gasteiger partial charge on any atom is -0.484 e. The Balaban J connectivity index is 1.52. The zero-order chi connectivity index (χ0) is 17.1. The third kappa shape index (κ3) is 3.94. The average Bonchev–Trinajstić information content (AvgIpc) is 3.12. The molecule has 1 aromatic carbocycles. The molecule has 0 bridgehead atoms. The molecular formula is C18H23N3O3. The lowest BCUT2D eigenvalue weighted by Gasteiger charge is -2.16. The van der Waals surface area contributed by atoms with Gasteiger partial charge < -0.3 is 14.7 Å². The normalized spacial score (nSPS) is 20.4. The number of β-amino-alcohol motifs (C(OH)–C–C–N with tert-alkyl or cyclic N) is 1. The fraction of sp³-hybridized carbons (Fsp3) is 0.444. The molecule has 6 nitrogen and oxygen atoms in total. The van der Waals surface area contributed by atoms with E-state index in [1.165, 1.54) is 0 Å². The number of rotatable bonds is 5. The van der Waals surface area contributed by atoms with Crippen molar-refractivity contribution in [2.24, 2.45) is 5.92 Å². The van der Waals surface area contributed by atoms with E-state index in [-0.39, 0.29) is 18.4 Å². The highest BCUT2D eigenvalue weighted by Crippen LogP contribution is 2.21. The third-order valence-electron chi connectivity index (χ3n) is 4.34. The Bertz CT molecular complexity index is 713. The number of carbonyl (C=O) groups excluding carboxylic acids is 1. The Morgan fingerprint density at radius 2 is 2.21 bits per heavy atom. The standard InChI is InChI=1S/C18H23N3O3/c1-12-4-3-5-16(6-12)24-11-18(23)21-9-14(17(22)10-21)8-15-7-13(2)19-20-15/h3-7,14,17,22H,8-11H2,1-2H3,(H,19,20). The summed E-state index contributed by atoms with van der Waals surface area (Å²) in [4.78, 5) is 14.0. The van der Waals surface area contributed by atoms with Crippen LogP contribution in [0.2, 0.25) is 0 Å². The molecule has 2 atom stereocenters. The lowest BCUT2D eigenvalue weighted by Crippen LogP contribution is -2.33. The van der Waals surface area contributed by atoms with Crippen LogP contribution in [-0.2, 0) is 11.2 Å². The molecule has 128 valence electrons. The van der Waals surface area contributed by atoms with Gasteiger partial charge in [-0.05, 0) is 44.0 Å². The van der Waals surface area contributed by atoms with E-state index in [2.05, 4.69) is 10.2 Å². The van der Waals surface area contributed by atoms with E-state index < -0.39 is 6.10 Å². The minimum absolute atomic E-state index is 0.00952. The van der Waals surface area contributed by atoms with E-state index in [9.17, 15) is 9.90 Å². The fourth-order valence-corrected chi connectivity index (χ4v) is 3.05. The van der Waals surface area contributed by atoms with E-state index in [4.69, 9.17) is 4.74 Å². The highest BCUT2D eigenvalue weighted by atomic mass is 16.5. The van der Waals surface area contributed by atoms with Crippen LogP contribution in [0.4, 0.5) is 0 Å². The van der Waals surface area contributed by atoms with Gasteiger partial charge in [-0.1, -0.05) is 12.1 Å². The number of aromatic nitrogens is 2. The molecule has 0 radical (unpaired) electrons. The summed E-state index contributed by atoms with van der Waals surface area (Å²) in [6, 6.07) is 9.58. The van der Waals surface area contributed by atoms with Crippen LogP contribution < -0.4 is 4.74 Å². The molecule has 2 unspecified atom stereocenters. The molecule has 2 heterocycles. The molecular weight excluding hydrogens is 306 g/mol. The van der Waals surface area contributed by atoms with Crippen molar-refractivity contribution < 1.29 is 14.6 Å². The lowest BCUT2D eigenvalue weighted by atomic mass is 10.0. The molecule has 1 saturated heterocycles. The molecule has 1 aliphatic heterocycles. The molecule has 3 rings (SSSR count). The van der Waals surface area contributed by atoms with E-state index in [1.807, 2.05) is 44.2 Å². The van der Waals surface area contributed by atoms with Crippen LogP contribution in [0.1, 0.15) is 17.0 Å². The van der Waals surface area contributed by atoms with Crippen molar-refractivity contribution in [3.63, 3.8) is 0 Å². The Kier molecular flexibility index (Phi) is 4.85. The number of benzene rings is 1. The average molecular weight is 329 g/mol. The van der Waals surface area contributed by atoms with Gasteiger partial charge >= 0.3 is 0 Å². The van der Waals surface area contributed by atoms with Crippen molar-refractivity contribution >= 4 is 5.91 Å². The predicted octanol–water partition coefficient (Wildman–Crippen LogP) is 1.47. The van der Waals surface area contributed by atoms with Crippen molar-refractivity contribution in [3.05, 3.63) is 47.3 Å². The number of aliphatic hydroxyl groups is 1. The second-order valence-electron chi connectivity index (χ2n) is 6.48. The molecule has 1 amide bonds. The number of aliphatic hydroxyl groups excluding tert-OH is 1. The number of nitrogens with one attached hydrogen (secondary N) is 1. The van der Waals surface area contributed by atoms with E-state index in [0.29, 0.717) is 25.3 Å². The number of ether oxygens (including phenoxy) is 1. The highest BCUT2D eigenvalue weighted by molar-refractivity contribution is 5.78. The number of amides is 1. The van der Waals surface area contributed by atoms with E-state index in [1.54, 1.807) is 4.90 Å². The number of hydrogen-bond donors (Lipinski definition) is 2. The summed E-state index contributed by atoms with van der Waals surface area (Å²) < 4.78 is 5.56. The van der Waals surface area contributed by atoms with Gasteiger partial charge in [0, 0.05) is 24.7 Å². The number of likely N-dealkylation sites (tertiary alicyclic amines) is 1. The maximum atomic E-state index is 12.3. The smallest absolute Gasteiger partial charge is 0.260 e. The predicted molar refractivity (Wildman–Crippen MR) is 89.8 cm³/mol. The summed E-state index contributed by atoms with van der Waals surface area (Å²) in [7, 11) is 0. The van der Waals surface area contributed by atoms with Gasteiger partial charge in [0.25, 0.3) is 5.91 Å². The quantitative estimate of drug-likeness (QED) is 0.871. The van der Waals surface area contributed by atoms with Gasteiger partial charge in [0.1, 0.15) is 5.75 Å². The fourth-order valence-electron chi connectivity index (χ4n) is 3.05. The SMILES string of the molecule is Cc1cccc(OCC(=O)N2CC(O)C(Cc3cc(C)[nH]n3)C2)c1. The summed E-state index contributed by atoms with van der Waals surface area (Å²) >= 11 is 0. The summed E-state index contributed by atoms with van der Waals surface area (Å²) in [6.45, 7) is 4.80. The van der Waals surface area contributed by atoms with Crippen LogP contribution in [-0.4, -0.2) is 51.9 Å². The summed E-state index contributed by atoms with van der Waals surface area (Å²) in [6.07, 6.45) is 0.138. The van der Waals surface area contributed by atoms with Crippen molar-refractivity contribution in [2.75, 3.05) is 19.7 Å². The van der Waals surface area contributed by atoms with Gasteiger partial charge in [-0.2, -0.15) is 5.10 Å². The monoisotopic (exact) mass is 329 g/mol. The lowest BCUT2D eigenvalue weighted by molar-refractivity contribution is -0.132. The number of aryl methyl sites for hydroxylation is 2. The number of nitrogens with zero attached hydrogens (tertiary/aromatic N) is 2. The topological polar surface area (TPSA) is 78.5 Å². The van der Waals surface area contributed by atoms with Crippen LogP contribution in [0.3, 0.4) is 0 Å². The maximum absolute atomic E-state index is 12.3. The molecule has 0 aliphatic carbocycles. The summed E-state index contributed by atoms with van der Waals surface area (Å²) in [5.41, 5.74) is 3.00. The van der Waals surface area contributed by atoms with Crippen LogP contribution in [0, 0.1) is 19.8 Å². The molecule has 2 N–H and O–H groups in total. The molecule has 1 aliphatic rings. The van der Waals surface area contributed by atoms with Gasteiger partial charge in [-0.25, -0.2) is 0 Å². The minimum atomic E-state index is -0.523. The largest absolute Gasteiger partial charge is 0.484 e. The number of carbonyl (C=O) groups is 1. The molecule has 0 saturated carbocycles. The first-order valence-electron chi connectivity index (χ1n) is 8.17. The maximum Gasteiger partial charge on any atom is 0.260 e. The number of aromatic amines is 1. The first-order valence-corrected chi connectivity index (χ1v) is 8.17. The highest BCUT2D eigenvalue weighted by Gasteiger charge is 2.34. The van der Waals surface area contributed by atoms with E-state index >= 15 is 0 Å². The number of H-pyrrole nitrogens is 1. The van der Waals surface area contributed by atoms with Crippen LogP contribution in [0.15, 0.2) is 30.3 Å². The Hall–Kier alpha value is -2.34. The van der Waals surface area contributed by atoms with Crippen molar-refractivity contribution in [3.8, 4) is 5.75 Å². The van der Waals surface area contributed by atoms with Gasteiger partial charge in [-0.15, -0.1) is 0 Å². The Morgan fingerprint density at radius 3 is 2.92 bits per heavy atom. The zero-order valence-electron chi connectivity index (χ0n) is 14.0.